The number of piperidine rings is 1. The fourth-order valence-corrected chi connectivity index (χ4v) is 5.09. The monoisotopic (exact) mass is 453 g/mol. The lowest BCUT2D eigenvalue weighted by Crippen LogP contribution is -2.34. The lowest BCUT2D eigenvalue weighted by Gasteiger charge is -2.32. The summed E-state index contributed by atoms with van der Waals surface area (Å²) in [6.45, 7) is 6.00. The standard InChI is InChI=1S/C25H28ClN3OS/c1-18-23(21-7-9-22(26)10-8-21)28-25(31-18)24(30)27-14-11-19-12-15-29(16-13-19)17-20-5-3-2-4-6-20/h2-10,19H,11-17H2,1H3,(H,27,30). The van der Waals surface area contributed by atoms with E-state index in [9.17, 15) is 4.79 Å². The van der Waals surface area contributed by atoms with Crippen LogP contribution in [-0.4, -0.2) is 35.4 Å². The van der Waals surface area contributed by atoms with Crippen LogP contribution in [0, 0.1) is 12.8 Å². The molecule has 0 radical (unpaired) electrons. The van der Waals surface area contributed by atoms with Crippen molar-refractivity contribution >= 4 is 28.8 Å². The van der Waals surface area contributed by atoms with Gasteiger partial charge in [-0.3, -0.25) is 9.69 Å². The van der Waals surface area contributed by atoms with E-state index in [-0.39, 0.29) is 5.91 Å². The zero-order valence-corrected chi connectivity index (χ0v) is 19.4. The molecule has 0 unspecified atom stereocenters. The van der Waals surface area contributed by atoms with Gasteiger partial charge in [-0.2, -0.15) is 0 Å². The third-order valence-electron chi connectivity index (χ3n) is 5.90. The van der Waals surface area contributed by atoms with Crippen LogP contribution in [0.5, 0.6) is 0 Å². The van der Waals surface area contributed by atoms with Gasteiger partial charge in [0.15, 0.2) is 5.01 Å². The van der Waals surface area contributed by atoms with Crippen molar-refractivity contribution in [3.05, 3.63) is 75.1 Å². The van der Waals surface area contributed by atoms with Crippen molar-refractivity contribution in [1.29, 1.82) is 0 Å². The highest BCUT2D eigenvalue weighted by Gasteiger charge is 2.20. The molecule has 1 aromatic heterocycles. The molecule has 0 spiro atoms. The highest BCUT2D eigenvalue weighted by Crippen LogP contribution is 2.28. The van der Waals surface area contributed by atoms with Gasteiger partial charge < -0.3 is 5.32 Å². The van der Waals surface area contributed by atoms with Gasteiger partial charge in [0.1, 0.15) is 0 Å². The average molecular weight is 454 g/mol. The maximum absolute atomic E-state index is 12.6. The molecule has 0 bridgehead atoms. The number of nitrogens with zero attached hydrogens (tertiary/aromatic N) is 2. The number of nitrogens with one attached hydrogen (secondary N) is 1. The first-order chi connectivity index (χ1) is 15.1. The van der Waals surface area contributed by atoms with E-state index in [1.807, 2.05) is 31.2 Å². The number of hydrogen-bond acceptors (Lipinski definition) is 4. The van der Waals surface area contributed by atoms with Crippen LogP contribution in [0.3, 0.4) is 0 Å². The zero-order valence-electron chi connectivity index (χ0n) is 17.8. The number of benzene rings is 2. The Labute approximate surface area is 193 Å². The topological polar surface area (TPSA) is 45.2 Å². The van der Waals surface area contributed by atoms with Gasteiger partial charge in [0.25, 0.3) is 5.91 Å². The molecule has 1 aliphatic heterocycles. The number of halogens is 1. The van der Waals surface area contributed by atoms with Gasteiger partial charge in [-0.25, -0.2) is 4.98 Å². The van der Waals surface area contributed by atoms with Crippen LogP contribution in [-0.2, 0) is 6.54 Å². The SMILES string of the molecule is Cc1sc(C(=O)NCCC2CCN(Cc3ccccc3)CC2)nc1-c1ccc(Cl)cc1. The minimum Gasteiger partial charge on any atom is -0.350 e. The Morgan fingerprint density at radius 3 is 2.55 bits per heavy atom. The van der Waals surface area contributed by atoms with Crippen LogP contribution in [0.15, 0.2) is 54.6 Å². The third kappa shape index (κ3) is 5.94. The zero-order chi connectivity index (χ0) is 21.6. The first-order valence-corrected chi connectivity index (χ1v) is 12.1. The van der Waals surface area contributed by atoms with E-state index < -0.39 is 0 Å². The minimum absolute atomic E-state index is 0.0742. The number of carbonyl (C=O) groups is 1. The fraction of sp³-hybridized carbons (Fsp3) is 0.360. The van der Waals surface area contributed by atoms with Crippen LogP contribution in [0.1, 0.15) is 39.5 Å². The largest absolute Gasteiger partial charge is 0.350 e. The Hall–Kier alpha value is -2.21. The summed E-state index contributed by atoms with van der Waals surface area (Å²) in [6, 6.07) is 18.2. The normalized spacial score (nSPS) is 15.2. The number of amides is 1. The van der Waals surface area contributed by atoms with E-state index in [1.54, 1.807) is 0 Å². The molecule has 0 atom stereocenters. The molecule has 3 aromatic rings. The highest BCUT2D eigenvalue weighted by atomic mass is 35.5. The summed E-state index contributed by atoms with van der Waals surface area (Å²) >= 11 is 7.42. The summed E-state index contributed by atoms with van der Waals surface area (Å²) in [6.07, 6.45) is 3.42. The number of likely N-dealkylation sites (tertiary alicyclic amines) is 1. The van der Waals surface area contributed by atoms with Gasteiger partial charge in [0, 0.05) is 28.6 Å². The predicted octanol–water partition coefficient (Wildman–Crippen LogP) is 5.80. The van der Waals surface area contributed by atoms with E-state index in [1.165, 1.54) is 29.7 Å². The van der Waals surface area contributed by atoms with Crippen molar-refractivity contribution in [3.63, 3.8) is 0 Å². The first kappa shape index (κ1) is 22.0. The summed E-state index contributed by atoms with van der Waals surface area (Å²) in [5.74, 6) is 0.602. The predicted molar refractivity (Wildman–Crippen MR) is 129 cm³/mol. The Kier molecular flexibility index (Phi) is 7.38. The molecule has 1 fully saturated rings. The van der Waals surface area contributed by atoms with Gasteiger partial charge in [0.2, 0.25) is 0 Å². The van der Waals surface area contributed by atoms with Crippen LogP contribution >= 0.6 is 22.9 Å². The van der Waals surface area contributed by atoms with E-state index in [2.05, 4.69) is 45.5 Å². The van der Waals surface area contributed by atoms with Gasteiger partial charge >= 0.3 is 0 Å². The summed E-state index contributed by atoms with van der Waals surface area (Å²) < 4.78 is 0. The van der Waals surface area contributed by atoms with E-state index in [4.69, 9.17) is 11.6 Å². The lowest BCUT2D eigenvalue weighted by molar-refractivity contribution is 0.0947. The quantitative estimate of drug-likeness (QED) is 0.491. The molecule has 0 saturated carbocycles. The summed E-state index contributed by atoms with van der Waals surface area (Å²) in [5, 5.41) is 4.30. The van der Waals surface area contributed by atoms with Crippen LogP contribution in [0.2, 0.25) is 5.02 Å². The first-order valence-electron chi connectivity index (χ1n) is 10.9. The molecular weight excluding hydrogens is 426 g/mol. The van der Waals surface area contributed by atoms with Crippen molar-refractivity contribution in [1.82, 2.24) is 15.2 Å². The van der Waals surface area contributed by atoms with E-state index in [0.29, 0.717) is 22.5 Å². The van der Waals surface area contributed by atoms with Crippen molar-refractivity contribution in [2.75, 3.05) is 19.6 Å². The molecule has 6 heteroatoms. The molecule has 4 rings (SSSR count). The van der Waals surface area contributed by atoms with Gasteiger partial charge in [0.05, 0.1) is 5.69 Å². The number of aromatic nitrogens is 1. The second-order valence-electron chi connectivity index (χ2n) is 8.18. The highest BCUT2D eigenvalue weighted by molar-refractivity contribution is 7.14. The maximum Gasteiger partial charge on any atom is 0.280 e. The third-order valence-corrected chi connectivity index (χ3v) is 7.12. The van der Waals surface area contributed by atoms with Crippen molar-refractivity contribution in [2.24, 2.45) is 5.92 Å². The number of carbonyl (C=O) groups excluding carboxylic acids is 1. The average Bonchev–Trinajstić information content (AvgIpc) is 3.18. The smallest absolute Gasteiger partial charge is 0.280 e. The molecule has 2 heterocycles. The molecular formula is C25H28ClN3OS. The minimum atomic E-state index is -0.0742. The number of thiazole rings is 1. The Morgan fingerprint density at radius 1 is 1.13 bits per heavy atom. The molecule has 1 saturated heterocycles. The van der Waals surface area contributed by atoms with Gasteiger partial charge in [-0.15, -0.1) is 11.3 Å². The summed E-state index contributed by atoms with van der Waals surface area (Å²) in [5.41, 5.74) is 3.22. The lowest BCUT2D eigenvalue weighted by atomic mass is 9.93. The van der Waals surface area contributed by atoms with Crippen molar-refractivity contribution < 1.29 is 4.79 Å². The number of aryl methyl sites for hydroxylation is 1. The number of hydrogen-bond donors (Lipinski definition) is 1. The molecule has 1 N–H and O–H groups in total. The second-order valence-corrected chi connectivity index (χ2v) is 9.82. The summed E-state index contributed by atoms with van der Waals surface area (Å²) in [4.78, 5) is 20.8. The van der Waals surface area contributed by atoms with Crippen LogP contribution in [0.25, 0.3) is 11.3 Å². The molecule has 4 nitrogen and oxygen atoms in total. The molecule has 1 aliphatic rings. The molecule has 31 heavy (non-hydrogen) atoms. The van der Waals surface area contributed by atoms with Crippen LogP contribution < -0.4 is 5.32 Å². The molecule has 162 valence electrons. The fourth-order valence-electron chi connectivity index (χ4n) is 4.11. The Bertz CT molecular complexity index is 995. The van der Waals surface area contributed by atoms with Crippen LogP contribution in [0.4, 0.5) is 0 Å². The van der Waals surface area contributed by atoms with Crippen molar-refractivity contribution in [3.8, 4) is 11.3 Å². The molecule has 2 aromatic carbocycles. The van der Waals surface area contributed by atoms with Crippen molar-refractivity contribution in [2.45, 2.75) is 32.7 Å². The van der Waals surface area contributed by atoms with Gasteiger partial charge in [-0.1, -0.05) is 54.1 Å². The molecule has 1 amide bonds. The van der Waals surface area contributed by atoms with E-state index >= 15 is 0 Å². The second kappa shape index (κ2) is 10.4. The Balaban J connectivity index is 1.22. The Morgan fingerprint density at radius 2 is 1.84 bits per heavy atom. The van der Waals surface area contributed by atoms with E-state index in [0.717, 1.165) is 42.2 Å². The number of rotatable bonds is 7. The summed E-state index contributed by atoms with van der Waals surface area (Å²) in [7, 11) is 0. The van der Waals surface area contributed by atoms with Gasteiger partial charge in [-0.05, 0) is 62.9 Å². The maximum atomic E-state index is 12.6. The molecule has 0 aliphatic carbocycles.